The number of ether oxygens (including phenoxy) is 1. The third kappa shape index (κ3) is 2.74. The molecule has 0 saturated heterocycles. The predicted molar refractivity (Wildman–Crippen MR) is 91.3 cm³/mol. The molecule has 6 nitrogen and oxygen atoms in total. The number of aromatic nitrogens is 1. The molecule has 0 saturated carbocycles. The van der Waals surface area contributed by atoms with Gasteiger partial charge < -0.3 is 20.2 Å². The molecule has 0 radical (unpaired) electrons. The van der Waals surface area contributed by atoms with Crippen molar-refractivity contribution < 1.29 is 13.9 Å². The summed E-state index contributed by atoms with van der Waals surface area (Å²) in [7, 11) is 0. The second kappa shape index (κ2) is 6.01. The Kier molecular flexibility index (Phi) is 3.70. The van der Waals surface area contributed by atoms with E-state index in [1.165, 1.54) is 17.6 Å². The van der Waals surface area contributed by atoms with Crippen molar-refractivity contribution in [2.24, 2.45) is 5.73 Å². The molecule has 0 aliphatic carbocycles. The summed E-state index contributed by atoms with van der Waals surface area (Å²) in [6.07, 6.45) is 2.22. The molecule has 1 aromatic carbocycles. The van der Waals surface area contributed by atoms with E-state index < -0.39 is 5.91 Å². The van der Waals surface area contributed by atoms with Crippen molar-refractivity contribution in [2.45, 2.75) is 12.5 Å². The average molecular weight is 341 g/mol. The van der Waals surface area contributed by atoms with E-state index >= 15 is 0 Å². The number of amides is 1. The fourth-order valence-corrected chi connectivity index (χ4v) is 3.45. The number of furan rings is 1. The van der Waals surface area contributed by atoms with Crippen LogP contribution in [0.1, 0.15) is 28.4 Å². The fraction of sp³-hybridized carbons (Fsp3) is 0.176. The number of hydrogen-bond donors (Lipinski definition) is 2. The van der Waals surface area contributed by atoms with E-state index in [2.05, 4.69) is 16.4 Å². The lowest BCUT2D eigenvalue weighted by Gasteiger charge is -2.26. The van der Waals surface area contributed by atoms with Gasteiger partial charge in [-0.25, -0.2) is 4.98 Å². The second-order valence-corrected chi connectivity index (χ2v) is 6.33. The number of benzene rings is 1. The smallest absolute Gasteiger partial charge is 0.251 e. The lowest BCUT2D eigenvalue weighted by atomic mass is 10.0. The lowest BCUT2D eigenvalue weighted by molar-refractivity contribution is 0.0999. The number of para-hydroxylation sites is 1. The summed E-state index contributed by atoms with van der Waals surface area (Å²) in [4.78, 5) is 15.7. The summed E-state index contributed by atoms with van der Waals surface area (Å²) in [6, 6.07) is 9.77. The van der Waals surface area contributed by atoms with Crippen LogP contribution in [0.2, 0.25) is 0 Å². The van der Waals surface area contributed by atoms with Gasteiger partial charge in [-0.2, -0.15) is 0 Å². The van der Waals surface area contributed by atoms with Crippen molar-refractivity contribution in [3.63, 3.8) is 0 Å². The van der Waals surface area contributed by atoms with Crippen LogP contribution in [0.5, 0.6) is 5.75 Å². The van der Waals surface area contributed by atoms with Gasteiger partial charge in [-0.3, -0.25) is 4.79 Å². The zero-order valence-electron chi connectivity index (χ0n) is 12.7. The number of anilines is 1. The Bertz CT molecular complexity index is 887. The number of primary amides is 1. The molecule has 3 aromatic rings. The van der Waals surface area contributed by atoms with Gasteiger partial charge in [-0.1, -0.05) is 18.2 Å². The third-order valence-corrected chi connectivity index (χ3v) is 4.67. The van der Waals surface area contributed by atoms with E-state index in [1.807, 2.05) is 23.6 Å². The maximum absolute atomic E-state index is 11.2. The Hall–Kier alpha value is -2.80. The van der Waals surface area contributed by atoms with Gasteiger partial charge in [0, 0.05) is 17.4 Å². The molecule has 24 heavy (non-hydrogen) atoms. The minimum atomic E-state index is -0.516. The van der Waals surface area contributed by atoms with Crippen LogP contribution < -0.4 is 15.8 Å². The highest BCUT2D eigenvalue weighted by Crippen LogP contribution is 2.35. The van der Waals surface area contributed by atoms with Crippen LogP contribution in [-0.4, -0.2) is 17.5 Å². The molecule has 1 aliphatic heterocycles. The Morgan fingerprint density at radius 1 is 1.38 bits per heavy atom. The highest BCUT2D eigenvalue weighted by molar-refractivity contribution is 7.14. The molecule has 0 bridgehead atoms. The highest BCUT2D eigenvalue weighted by Gasteiger charge is 2.22. The van der Waals surface area contributed by atoms with Crippen molar-refractivity contribution in [3.05, 3.63) is 53.1 Å². The number of nitrogens with one attached hydrogen (secondary N) is 1. The monoisotopic (exact) mass is 341 g/mol. The van der Waals surface area contributed by atoms with Crippen molar-refractivity contribution in [1.82, 2.24) is 4.98 Å². The first-order valence-corrected chi connectivity index (χ1v) is 8.41. The molecule has 122 valence electrons. The molecule has 1 amide bonds. The Labute approximate surface area is 142 Å². The van der Waals surface area contributed by atoms with E-state index in [-0.39, 0.29) is 6.04 Å². The van der Waals surface area contributed by atoms with Crippen molar-refractivity contribution >= 4 is 22.4 Å². The zero-order valence-corrected chi connectivity index (χ0v) is 13.5. The van der Waals surface area contributed by atoms with E-state index in [9.17, 15) is 4.79 Å². The number of nitrogens with two attached hydrogens (primary N) is 1. The topological polar surface area (TPSA) is 90.4 Å². The Balaban J connectivity index is 1.55. The van der Waals surface area contributed by atoms with Gasteiger partial charge in [0.15, 0.2) is 10.9 Å². The molecule has 4 rings (SSSR count). The third-order valence-electron chi connectivity index (χ3n) is 3.90. The highest BCUT2D eigenvalue weighted by atomic mass is 32.1. The molecule has 0 spiro atoms. The van der Waals surface area contributed by atoms with E-state index in [0.717, 1.165) is 22.9 Å². The van der Waals surface area contributed by atoms with Gasteiger partial charge >= 0.3 is 0 Å². The van der Waals surface area contributed by atoms with Crippen LogP contribution in [0.15, 0.2) is 46.4 Å². The SMILES string of the molecule is NC(=O)c1coc(-c2csc(N[C@H]3CCOc4ccccc43)n2)c1. The van der Waals surface area contributed by atoms with E-state index in [1.54, 1.807) is 6.07 Å². The van der Waals surface area contributed by atoms with Crippen LogP contribution in [0, 0.1) is 0 Å². The number of carbonyl (C=O) groups is 1. The Morgan fingerprint density at radius 3 is 3.08 bits per heavy atom. The van der Waals surface area contributed by atoms with E-state index in [4.69, 9.17) is 14.9 Å². The lowest BCUT2D eigenvalue weighted by Crippen LogP contribution is -2.20. The van der Waals surface area contributed by atoms with Crippen LogP contribution in [0.4, 0.5) is 5.13 Å². The molecule has 0 unspecified atom stereocenters. The average Bonchev–Trinajstić information content (AvgIpc) is 3.24. The minimum Gasteiger partial charge on any atom is -0.493 e. The zero-order chi connectivity index (χ0) is 16.5. The summed E-state index contributed by atoms with van der Waals surface area (Å²) < 4.78 is 11.0. The fourth-order valence-electron chi connectivity index (χ4n) is 2.69. The molecular weight excluding hydrogens is 326 g/mol. The maximum Gasteiger partial charge on any atom is 0.251 e. The summed E-state index contributed by atoms with van der Waals surface area (Å²) >= 11 is 1.49. The molecule has 3 heterocycles. The quantitative estimate of drug-likeness (QED) is 0.758. The first-order chi connectivity index (χ1) is 11.7. The summed E-state index contributed by atoms with van der Waals surface area (Å²) in [6.45, 7) is 0.674. The second-order valence-electron chi connectivity index (χ2n) is 5.47. The van der Waals surface area contributed by atoms with Gasteiger partial charge in [-0.05, 0) is 12.1 Å². The van der Waals surface area contributed by atoms with Gasteiger partial charge in [0.1, 0.15) is 17.7 Å². The molecule has 1 aliphatic rings. The van der Waals surface area contributed by atoms with Crippen LogP contribution in [0.3, 0.4) is 0 Å². The van der Waals surface area contributed by atoms with Crippen molar-refractivity contribution in [1.29, 1.82) is 0 Å². The molecule has 7 heteroatoms. The number of fused-ring (bicyclic) bond motifs is 1. The van der Waals surface area contributed by atoms with Gasteiger partial charge in [0.25, 0.3) is 5.91 Å². The summed E-state index contributed by atoms with van der Waals surface area (Å²) in [5, 5.41) is 6.13. The van der Waals surface area contributed by atoms with Gasteiger partial charge in [0.05, 0.1) is 18.2 Å². The number of thiazole rings is 1. The van der Waals surface area contributed by atoms with Crippen LogP contribution >= 0.6 is 11.3 Å². The minimum absolute atomic E-state index is 0.159. The molecule has 3 N–H and O–H groups in total. The number of nitrogens with zero attached hydrogens (tertiary/aromatic N) is 1. The largest absolute Gasteiger partial charge is 0.493 e. The normalized spacial score (nSPS) is 16.2. The van der Waals surface area contributed by atoms with Gasteiger partial charge in [0.2, 0.25) is 0 Å². The summed E-state index contributed by atoms with van der Waals surface area (Å²) in [5.41, 5.74) is 7.39. The van der Waals surface area contributed by atoms with Crippen molar-refractivity contribution in [2.75, 3.05) is 11.9 Å². The number of hydrogen-bond acceptors (Lipinski definition) is 6. The predicted octanol–water partition coefficient (Wildman–Crippen LogP) is 3.44. The molecular formula is C17H15N3O3S. The van der Waals surface area contributed by atoms with E-state index in [0.29, 0.717) is 23.6 Å². The maximum atomic E-state index is 11.2. The standard InChI is InChI=1S/C17H15N3O3S/c18-16(21)10-7-15(23-8-10)13-9-24-17(20-13)19-12-5-6-22-14-4-2-1-3-11(12)14/h1-4,7-9,12H,5-6H2,(H2,18,21)(H,19,20)/t12-/m0/s1. The first kappa shape index (κ1) is 14.8. The van der Waals surface area contributed by atoms with Crippen LogP contribution in [0.25, 0.3) is 11.5 Å². The molecule has 1 atom stereocenters. The van der Waals surface area contributed by atoms with Crippen molar-refractivity contribution in [3.8, 4) is 17.2 Å². The van der Waals surface area contributed by atoms with Crippen LogP contribution in [-0.2, 0) is 0 Å². The number of rotatable bonds is 4. The Morgan fingerprint density at radius 2 is 2.25 bits per heavy atom. The summed E-state index contributed by atoms with van der Waals surface area (Å²) in [5.74, 6) is 0.924. The number of carbonyl (C=O) groups excluding carboxylic acids is 1. The molecule has 0 fully saturated rings. The molecule has 2 aromatic heterocycles. The first-order valence-electron chi connectivity index (χ1n) is 7.53. The van der Waals surface area contributed by atoms with Gasteiger partial charge in [-0.15, -0.1) is 11.3 Å².